The maximum Gasteiger partial charge on any atom is 0.302 e. The predicted octanol–water partition coefficient (Wildman–Crippen LogP) is 3.52. The summed E-state index contributed by atoms with van der Waals surface area (Å²) in [5, 5.41) is 0. The standard InChI is InChI=1S/C17H27NO2/c1-13-12-17(3,4)18(10-7-11-20-14(2)19)16-9-6-5-8-15(13)16/h5-6,9,13,15H,7-8,10-12H2,1-4H3. The number of nitrogens with zero attached hydrogens (tertiary/aromatic N) is 1. The van der Waals surface area contributed by atoms with Gasteiger partial charge in [-0.05, 0) is 45.1 Å². The molecule has 112 valence electrons. The third kappa shape index (κ3) is 3.25. The average molecular weight is 277 g/mol. The number of rotatable bonds is 4. The molecular weight excluding hydrogens is 250 g/mol. The molecule has 3 nitrogen and oxygen atoms in total. The van der Waals surface area contributed by atoms with E-state index in [2.05, 4.69) is 43.9 Å². The van der Waals surface area contributed by atoms with Gasteiger partial charge in [-0.2, -0.15) is 0 Å². The first-order chi connectivity index (χ1) is 9.42. The number of ether oxygens (including phenoxy) is 1. The van der Waals surface area contributed by atoms with Gasteiger partial charge in [0.15, 0.2) is 0 Å². The average Bonchev–Trinajstić information content (AvgIpc) is 2.36. The van der Waals surface area contributed by atoms with E-state index in [-0.39, 0.29) is 11.5 Å². The van der Waals surface area contributed by atoms with Crippen LogP contribution in [-0.2, 0) is 9.53 Å². The summed E-state index contributed by atoms with van der Waals surface area (Å²) in [6.07, 6.45) is 10.0. The molecule has 0 aromatic carbocycles. The van der Waals surface area contributed by atoms with Crippen LogP contribution in [0.1, 0.15) is 47.0 Å². The van der Waals surface area contributed by atoms with E-state index in [1.807, 2.05) is 0 Å². The van der Waals surface area contributed by atoms with Gasteiger partial charge in [-0.3, -0.25) is 4.79 Å². The molecule has 0 aromatic heterocycles. The number of hydrogen-bond acceptors (Lipinski definition) is 3. The Balaban J connectivity index is 2.05. The smallest absolute Gasteiger partial charge is 0.302 e. The number of carbonyl (C=O) groups excluding carboxylic acids is 1. The summed E-state index contributed by atoms with van der Waals surface area (Å²) in [5.41, 5.74) is 1.66. The van der Waals surface area contributed by atoms with E-state index < -0.39 is 0 Å². The predicted molar refractivity (Wildman–Crippen MR) is 81.1 cm³/mol. The highest BCUT2D eigenvalue weighted by Gasteiger charge is 2.40. The zero-order chi connectivity index (χ0) is 14.8. The molecule has 0 saturated carbocycles. The molecule has 2 rings (SSSR count). The third-order valence-electron chi connectivity index (χ3n) is 4.56. The summed E-state index contributed by atoms with van der Waals surface area (Å²) in [6, 6.07) is 0. The van der Waals surface area contributed by atoms with Crippen molar-refractivity contribution in [2.45, 2.75) is 52.5 Å². The van der Waals surface area contributed by atoms with Crippen LogP contribution in [-0.4, -0.2) is 29.6 Å². The van der Waals surface area contributed by atoms with Crippen LogP contribution in [0.4, 0.5) is 0 Å². The maximum atomic E-state index is 10.8. The molecule has 2 atom stereocenters. The molecule has 3 heteroatoms. The van der Waals surface area contributed by atoms with Crippen molar-refractivity contribution in [2.75, 3.05) is 13.2 Å². The van der Waals surface area contributed by atoms with Crippen LogP contribution in [0.25, 0.3) is 0 Å². The monoisotopic (exact) mass is 277 g/mol. The van der Waals surface area contributed by atoms with E-state index in [0.717, 1.165) is 25.3 Å². The normalized spacial score (nSPS) is 27.8. The van der Waals surface area contributed by atoms with Crippen molar-refractivity contribution in [1.82, 2.24) is 4.90 Å². The first-order valence-corrected chi connectivity index (χ1v) is 7.69. The van der Waals surface area contributed by atoms with E-state index in [1.54, 1.807) is 0 Å². The van der Waals surface area contributed by atoms with Gasteiger partial charge in [0.25, 0.3) is 0 Å². The number of likely N-dealkylation sites (tertiary alicyclic amines) is 1. The molecule has 0 N–H and O–H groups in total. The van der Waals surface area contributed by atoms with Gasteiger partial charge in [0.2, 0.25) is 0 Å². The lowest BCUT2D eigenvalue weighted by Crippen LogP contribution is -2.52. The van der Waals surface area contributed by atoms with Crippen LogP contribution in [0.3, 0.4) is 0 Å². The second kappa shape index (κ2) is 6.02. The zero-order valence-corrected chi connectivity index (χ0v) is 13.2. The highest BCUT2D eigenvalue weighted by atomic mass is 16.5. The fourth-order valence-corrected chi connectivity index (χ4v) is 3.71. The lowest BCUT2D eigenvalue weighted by Gasteiger charge is -2.52. The van der Waals surface area contributed by atoms with Crippen molar-refractivity contribution in [3.05, 3.63) is 23.9 Å². The quantitative estimate of drug-likeness (QED) is 0.581. The Morgan fingerprint density at radius 2 is 2.25 bits per heavy atom. The van der Waals surface area contributed by atoms with Crippen LogP contribution in [0.5, 0.6) is 0 Å². The lowest BCUT2D eigenvalue weighted by molar-refractivity contribution is -0.141. The van der Waals surface area contributed by atoms with Crippen molar-refractivity contribution in [3.63, 3.8) is 0 Å². The van der Waals surface area contributed by atoms with Gasteiger partial charge in [-0.1, -0.05) is 19.1 Å². The van der Waals surface area contributed by atoms with Gasteiger partial charge >= 0.3 is 5.97 Å². The molecule has 0 aromatic rings. The van der Waals surface area contributed by atoms with E-state index in [1.165, 1.54) is 19.0 Å². The zero-order valence-electron chi connectivity index (χ0n) is 13.2. The highest BCUT2D eigenvalue weighted by Crippen LogP contribution is 2.44. The molecule has 0 radical (unpaired) electrons. The first-order valence-electron chi connectivity index (χ1n) is 7.69. The summed E-state index contributed by atoms with van der Waals surface area (Å²) in [4.78, 5) is 13.4. The van der Waals surface area contributed by atoms with E-state index in [4.69, 9.17) is 4.74 Å². The summed E-state index contributed by atoms with van der Waals surface area (Å²) in [5.74, 6) is 1.20. The fourth-order valence-electron chi connectivity index (χ4n) is 3.71. The second-order valence-corrected chi connectivity index (χ2v) is 6.70. The molecule has 0 amide bonds. The topological polar surface area (TPSA) is 29.5 Å². The van der Waals surface area contributed by atoms with Crippen LogP contribution in [0.15, 0.2) is 23.9 Å². The third-order valence-corrected chi connectivity index (χ3v) is 4.56. The molecular formula is C17H27NO2. The van der Waals surface area contributed by atoms with E-state index in [9.17, 15) is 4.79 Å². The molecule has 2 unspecified atom stereocenters. The Bertz CT molecular complexity index is 423. The largest absolute Gasteiger partial charge is 0.466 e. The van der Waals surface area contributed by atoms with Crippen LogP contribution < -0.4 is 0 Å². The van der Waals surface area contributed by atoms with Gasteiger partial charge < -0.3 is 9.64 Å². The maximum absolute atomic E-state index is 10.8. The molecule has 2 aliphatic rings. The SMILES string of the molecule is CC(=O)OCCCN1C2=CC=CCC2C(C)CC1(C)C. The number of piperidine rings is 1. The summed E-state index contributed by atoms with van der Waals surface area (Å²) >= 11 is 0. The summed E-state index contributed by atoms with van der Waals surface area (Å²) < 4.78 is 5.06. The lowest BCUT2D eigenvalue weighted by atomic mass is 9.72. The Labute approximate surface area is 122 Å². The molecule has 20 heavy (non-hydrogen) atoms. The number of hydrogen-bond donors (Lipinski definition) is 0. The van der Waals surface area contributed by atoms with Gasteiger partial charge in [0, 0.05) is 30.6 Å². The molecule has 0 spiro atoms. The second-order valence-electron chi connectivity index (χ2n) is 6.70. The van der Waals surface area contributed by atoms with Crippen molar-refractivity contribution in [1.29, 1.82) is 0 Å². The minimum absolute atomic E-state index is 0.184. The number of fused-ring (bicyclic) bond motifs is 1. The number of esters is 1. The molecule has 1 heterocycles. The Kier molecular flexibility index (Phi) is 4.56. The molecule has 1 aliphatic carbocycles. The van der Waals surface area contributed by atoms with Gasteiger partial charge in [-0.25, -0.2) is 0 Å². The minimum Gasteiger partial charge on any atom is -0.466 e. The van der Waals surface area contributed by atoms with E-state index in [0.29, 0.717) is 12.5 Å². The van der Waals surface area contributed by atoms with Crippen LogP contribution in [0, 0.1) is 11.8 Å². The molecule has 1 aliphatic heterocycles. The van der Waals surface area contributed by atoms with Crippen molar-refractivity contribution < 1.29 is 9.53 Å². The molecule has 1 saturated heterocycles. The summed E-state index contributed by atoms with van der Waals surface area (Å²) in [6.45, 7) is 9.97. The van der Waals surface area contributed by atoms with Gasteiger partial charge in [0.1, 0.15) is 0 Å². The summed E-state index contributed by atoms with van der Waals surface area (Å²) in [7, 11) is 0. The minimum atomic E-state index is -0.186. The van der Waals surface area contributed by atoms with Crippen molar-refractivity contribution in [2.24, 2.45) is 11.8 Å². The van der Waals surface area contributed by atoms with Crippen molar-refractivity contribution >= 4 is 5.97 Å². The fraction of sp³-hybridized carbons (Fsp3) is 0.706. The van der Waals surface area contributed by atoms with E-state index >= 15 is 0 Å². The van der Waals surface area contributed by atoms with Crippen LogP contribution >= 0.6 is 0 Å². The Hall–Kier alpha value is -1.25. The van der Waals surface area contributed by atoms with Crippen molar-refractivity contribution in [3.8, 4) is 0 Å². The number of allylic oxidation sites excluding steroid dienone is 4. The molecule has 1 fully saturated rings. The first kappa shape index (κ1) is 15.1. The van der Waals surface area contributed by atoms with Gasteiger partial charge in [-0.15, -0.1) is 0 Å². The van der Waals surface area contributed by atoms with Gasteiger partial charge in [0.05, 0.1) is 6.61 Å². The Morgan fingerprint density at radius 3 is 2.95 bits per heavy atom. The highest BCUT2D eigenvalue weighted by molar-refractivity contribution is 5.65. The number of carbonyl (C=O) groups is 1. The Morgan fingerprint density at radius 1 is 1.50 bits per heavy atom. The molecule has 0 bridgehead atoms. The van der Waals surface area contributed by atoms with Crippen LogP contribution in [0.2, 0.25) is 0 Å².